The third-order valence-corrected chi connectivity index (χ3v) is 4.76. The number of halogens is 4. The quantitative estimate of drug-likeness (QED) is 0.263. The number of benzene rings is 3. The summed E-state index contributed by atoms with van der Waals surface area (Å²) in [5.74, 6) is -1.29. The third kappa shape index (κ3) is 5.86. The summed E-state index contributed by atoms with van der Waals surface area (Å²) in [6.45, 7) is -0.480. The molecule has 0 spiro atoms. The number of nitro benzene ring substituents is 1. The van der Waals surface area contributed by atoms with E-state index in [0.717, 1.165) is 12.1 Å². The molecular formula is C22H14ClF3N2O5. The Morgan fingerprint density at radius 2 is 1.70 bits per heavy atom. The number of carbonyl (C=O) groups excluding carboxylic acids is 2. The van der Waals surface area contributed by atoms with E-state index >= 15 is 0 Å². The van der Waals surface area contributed by atoms with Crippen LogP contribution in [-0.2, 0) is 6.18 Å². The van der Waals surface area contributed by atoms with E-state index in [9.17, 15) is 32.9 Å². The second-order valence-electron chi connectivity index (χ2n) is 6.66. The van der Waals surface area contributed by atoms with Gasteiger partial charge in [-0.3, -0.25) is 19.7 Å². The summed E-state index contributed by atoms with van der Waals surface area (Å²) in [7, 11) is 0. The lowest BCUT2D eigenvalue weighted by molar-refractivity contribution is -0.384. The molecular weight excluding hydrogens is 465 g/mol. The minimum atomic E-state index is -4.62. The van der Waals surface area contributed by atoms with Gasteiger partial charge in [-0.15, -0.1) is 0 Å². The normalized spacial score (nSPS) is 11.0. The van der Waals surface area contributed by atoms with Gasteiger partial charge in [0.05, 0.1) is 26.8 Å². The van der Waals surface area contributed by atoms with Crippen LogP contribution in [0.1, 0.15) is 26.3 Å². The van der Waals surface area contributed by atoms with Crippen LogP contribution in [-0.4, -0.2) is 23.2 Å². The summed E-state index contributed by atoms with van der Waals surface area (Å²) in [4.78, 5) is 35.1. The van der Waals surface area contributed by atoms with Gasteiger partial charge in [0.15, 0.2) is 12.4 Å². The SMILES string of the molecule is O=C(COc1ccccc1C(=O)Nc1cc(C(F)(F)F)ccc1Cl)c1ccc([N+](=O)[O-])cc1. The van der Waals surface area contributed by atoms with Crippen LogP contribution in [0.5, 0.6) is 5.75 Å². The highest BCUT2D eigenvalue weighted by Gasteiger charge is 2.31. The molecule has 0 bridgehead atoms. The topological polar surface area (TPSA) is 98.5 Å². The van der Waals surface area contributed by atoms with E-state index < -0.39 is 35.0 Å². The molecule has 0 fully saturated rings. The number of amides is 1. The molecule has 3 rings (SSSR count). The number of ether oxygens (including phenoxy) is 1. The van der Waals surface area contributed by atoms with Crippen LogP contribution < -0.4 is 10.1 Å². The zero-order valence-corrected chi connectivity index (χ0v) is 17.3. The number of hydrogen-bond donors (Lipinski definition) is 1. The number of ketones is 1. The van der Waals surface area contributed by atoms with Crippen molar-refractivity contribution >= 4 is 34.7 Å². The lowest BCUT2D eigenvalue weighted by atomic mass is 10.1. The first kappa shape index (κ1) is 23.7. The molecule has 0 aliphatic rings. The van der Waals surface area contributed by atoms with Crippen molar-refractivity contribution in [2.75, 3.05) is 11.9 Å². The van der Waals surface area contributed by atoms with Gasteiger partial charge >= 0.3 is 6.18 Å². The van der Waals surface area contributed by atoms with Gasteiger partial charge in [0.25, 0.3) is 11.6 Å². The standard InChI is InChI=1S/C22H14ClF3N2O5/c23-17-10-7-14(22(24,25)26)11-18(17)27-21(30)16-3-1-2-4-20(16)33-12-19(29)13-5-8-15(9-6-13)28(31)32/h1-11H,12H2,(H,27,30). The third-order valence-electron chi connectivity index (χ3n) is 4.43. The van der Waals surface area contributed by atoms with Gasteiger partial charge in [-0.1, -0.05) is 23.7 Å². The molecule has 3 aromatic carbocycles. The molecule has 0 aliphatic carbocycles. The molecule has 11 heteroatoms. The molecule has 1 amide bonds. The minimum Gasteiger partial charge on any atom is -0.485 e. The molecule has 7 nitrogen and oxygen atoms in total. The van der Waals surface area contributed by atoms with Crippen molar-refractivity contribution in [2.45, 2.75) is 6.18 Å². The number of Topliss-reactive ketones (excluding diaryl/α,β-unsaturated/α-hetero) is 1. The maximum absolute atomic E-state index is 13.0. The van der Waals surface area contributed by atoms with E-state index in [1.807, 2.05) is 0 Å². The number of alkyl halides is 3. The first-order valence-electron chi connectivity index (χ1n) is 9.24. The Hall–Kier alpha value is -3.92. The first-order chi connectivity index (χ1) is 15.6. The van der Waals surface area contributed by atoms with Gasteiger partial charge in [0.1, 0.15) is 5.75 Å². The van der Waals surface area contributed by atoms with Crippen LogP contribution in [0.15, 0.2) is 66.7 Å². The molecule has 1 N–H and O–H groups in total. The molecule has 0 aromatic heterocycles. The van der Waals surface area contributed by atoms with Gasteiger partial charge < -0.3 is 10.1 Å². The highest BCUT2D eigenvalue weighted by atomic mass is 35.5. The second kappa shape index (κ2) is 9.70. The maximum Gasteiger partial charge on any atom is 0.416 e. The molecule has 0 unspecified atom stereocenters. The predicted octanol–water partition coefficient (Wildman–Crippen LogP) is 5.78. The lowest BCUT2D eigenvalue weighted by Crippen LogP contribution is -2.17. The van der Waals surface area contributed by atoms with Crippen LogP contribution >= 0.6 is 11.6 Å². The minimum absolute atomic E-state index is 0.00774. The fourth-order valence-electron chi connectivity index (χ4n) is 2.76. The van der Waals surface area contributed by atoms with Crippen LogP contribution in [0.2, 0.25) is 5.02 Å². The molecule has 0 radical (unpaired) electrons. The van der Waals surface area contributed by atoms with E-state index in [1.54, 1.807) is 6.07 Å². The smallest absolute Gasteiger partial charge is 0.416 e. The largest absolute Gasteiger partial charge is 0.485 e. The second-order valence-corrected chi connectivity index (χ2v) is 7.07. The van der Waals surface area contributed by atoms with Crippen LogP contribution in [0.4, 0.5) is 24.5 Å². The summed E-state index contributed by atoms with van der Waals surface area (Å²) in [5.41, 5.74) is -1.28. The number of hydrogen-bond acceptors (Lipinski definition) is 5. The Kier molecular flexibility index (Phi) is 6.98. The maximum atomic E-state index is 13.0. The lowest BCUT2D eigenvalue weighted by Gasteiger charge is -2.14. The first-order valence-corrected chi connectivity index (χ1v) is 9.61. The molecule has 33 heavy (non-hydrogen) atoms. The summed E-state index contributed by atoms with van der Waals surface area (Å²) < 4.78 is 44.3. The molecule has 0 saturated heterocycles. The van der Waals surface area contributed by atoms with E-state index in [-0.39, 0.29) is 33.3 Å². The van der Waals surface area contributed by atoms with Gasteiger partial charge in [-0.25, -0.2) is 0 Å². The van der Waals surface area contributed by atoms with Gasteiger partial charge in [0.2, 0.25) is 0 Å². The Balaban J connectivity index is 1.74. The zero-order chi connectivity index (χ0) is 24.2. The number of nitrogens with one attached hydrogen (secondary N) is 1. The molecule has 0 atom stereocenters. The number of nitro groups is 1. The Morgan fingerprint density at radius 1 is 1.03 bits per heavy atom. The fourth-order valence-corrected chi connectivity index (χ4v) is 2.93. The Morgan fingerprint density at radius 3 is 2.33 bits per heavy atom. The fraction of sp³-hybridized carbons (Fsp3) is 0.0909. The van der Waals surface area contributed by atoms with Gasteiger partial charge in [-0.2, -0.15) is 13.2 Å². The molecule has 3 aromatic rings. The average molecular weight is 479 g/mol. The summed E-state index contributed by atoms with van der Waals surface area (Å²) in [6.07, 6.45) is -4.62. The number of carbonyl (C=O) groups is 2. The van der Waals surface area contributed by atoms with Crippen LogP contribution in [0, 0.1) is 10.1 Å². The summed E-state index contributed by atoms with van der Waals surface area (Å²) in [6, 6.07) is 13.2. The highest BCUT2D eigenvalue weighted by molar-refractivity contribution is 6.34. The highest BCUT2D eigenvalue weighted by Crippen LogP contribution is 2.34. The van der Waals surface area contributed by atoms with Crippen LogP contribution in [0.25, 0.3) is 0 Å². The van der Waals surface area contributed by atoms with Crippen LogP contribution in [0.3, 0.4) is 0 Å². The Bertz CT molecular complexity index is 1210. The van der Waals surface area contributed by atoms with Gasteiger partial charge in [-0.05, 0) is 42.5 Å². The number of nitrogens with zero attached hydrogens (tertiary/aromatic N) is 1. The molecule has 0 aliphatic heterocycles. The molecule has 170 valence electrons. The van der Waals surface area contributed by atoms with Crippen molar-refractivity contribution in [1.82, 2.24) is 0 Å². The Labute approximate surface area is 189 Å². The average Bonchev–Trinajstić information content (AvgIpc) is 2.78. The predicted molar refractivity (Wildman–Crippen MR) is 114 cm³/mol. The van der Waals surface area contributed by atoms with Crippen molar-refractivity contribution in [3.8, 4) is 5.75 Å². The van der Waals surface area contributed by atoms with E-state index in [2.05, 4.69) is 5.32 Å². The van der Waals surface area contributed by atoms with Crippen molar-refractivity contribution in [3.63, 3.8) is 0 Å². The number of anilines is 1. The van der Waals surface area contributed by atoms with Crippen molar-refractivity contribution in [2.24, 2.45) is 0 Å². The summed E-state index contributed by atoms with van der Waals surface area (Å²) >= 11 is 5.92. The van der Waals surface area contributed by atoms with Crippen molar-refractivity contribution in [1.29, 1.82) is 0 Å². The van der Waals surface area contributed by atoms with Gasteiger partial charge in [0, 0.05) is 17.7 Å². The number of rotatable bonds is 7. The van der Waals surface area contributed by atoms with E-state index in [0.29, 0.717) is 6.07 Å². The monoisotopic (exact) mass is 478 g/mol. The van der Waals surface area contributed by atoms with E-state index in [4.69, 9.17) is 16.3 Å². The zero-order valence-electron chi connectivity index (χ0n) is 16.6. The summed E-state index contributed by atoms with van der Waals surface area (Å²) in [5, 5.41) is 12.9. The number of para-hydroxylation sites is 1. The molecule has 0 heterocycles. The van der Waals surface area contributed by atoms with Crippen molar-refractivity contribution < 1.29 is 32.4 Å². The molecule has 0 saturated carbocycles. The van der Waals surface area contributed by atoms with Crippen molar-refractivity contribution in [3.05, 3.63) is 98.6 Å². The van der Waals surface area contributed by atoms with E-state index in [1.165, 1.54) is 42.5 Å². The number of non-ortho nitro benzene ring substituents is 1.